The van der Waals surface area contributed by atoms with E-state index in [1.807, 2.05) is 0 Å². The summed E-state index contributed by atoms with van der Waals surface area (Å²) in [5.74, 6) is 0. The Morgan fingerprint density at radius 1 is 1.33 bits per heavy atom. The zero-order valence-electron chi connectivity index (χ0n) is 3.26. The summed E-state index contributed by atoms with van der Waals surface area (Å²) in [6.45, 7) is 0. The molecule has 0 amide bonds. The third kappa shape index (κ3) is 84.8. The fourth-order valence-electron chi connectivity index (χ4n) is 0. The molecule has 0 aliphatic carbocycles. The van der Waals surface area contributed by atoms with Crippen molar-refractivity contribution in [3.8, 4) is 0 Å². The molecule has 5 nitrogen and oxygen atoms in total. The molecule has 0 saturated carbocycles. The first-order chi connectivity index (χ1) is 1.41. The van der Waals surface area contributed by atoms with E-state index < -0.39 is 0 Å². The summed E-state index contributed by atoms with van der Waals surface area (Å²) < 4.78 is 0. The molecule has 0 radical (unpaired) electrons. The van der Waals surface area contributed by atoms with Gasteiger partial charge in [0.2, 0.25) is 0 Å². The fourth-order valence-corrected chi connectivity index (χ4v) is 0. The van der Waals surface area contributed by atoms with Gasteiger partial charge in [0.1, 0.15) is 0 Å². The minimum atomic E-state index is 0. The molecule has 0 saturated heterocycles. The number of hydrogen-bond donors (Lipinski definition) is 0. The Morgan fingerprint density at radius 3 is 1.33 bits per heavy atom. The molecule has 6 heteroatoms. The van der Waals surface area contributed by atoms with Crippen LogP contribution in [0.5, 0.6) is 0 Å². The molecule has 0 aromatic carbocycles. The van der Waals surface area contributed by atoms with Crippen LogP contribution in [0.1, 0.15) is 0 Å². The second kappa shape index (κ2) is 38.2. The monoisotopic (exact) mass is 121 g/mol. The van der Waals surface area contributed by atoms with Gasteiger partial charge in [0, 0.05) is 0 Å². The van der Waals surface area contributed by atoms with Crippen molar-refractivity contribution >= 4 is 0 Å². The zero-order valence-corrected chi connectivity index (χ0v) is 6.39. The van der Waals surface area contributed by atoms with E-state index in [1.165, 1.54) is 0 Å². The van der Waals surface area contributed by atoms with Crippen LogP contribution in [0.15, 0.2) is 5.34 Å². The van der Waals surface area contributed by atoms with Crippen molar-refractivity contribution in [3.63, 3.8) is 0 Å². The van der Waals surface area contributed by atoms with Gasteiger partial charge >= 0.3 is 51.4 Å². The predicted molar refractivity (Wildman–Crippen MR) is 16.4 cm³/mol. The average molecular weight is 121 g/mol. The largest absolute Gasteiger partial charge is 1.00 e. The van der Waals surface area contributed by atoms with Gasteiger partial charge in [0.05, 0.1) is 0 Å². The van der Waals surface area contributed by atoms with Crippen molar-refractivity contribution in [3.05, 3.63) is 10.1 Å². The number of rotatable bonds is 0. The maximum Gasteiger partial charge on any atom is 1.00 e. The van der Waals surface area contributed by atoms with E-state index in [9.17, 15) is 0 Å². The van der Waals surface area contributed by atoms with Crippen LogP contribution in [0, 0.1) is 10.1 Å². The third-order valence-electron chi connectivity index (χ3n) is 0. The molecule has 0 heterocycles. The minimum absolute atomic E-state index is 0. The van der Waals surface area contributed by atoms with Gasteiger partial charge in [-0.2, -0.15) is 0 Å². The molecular formula is H4KNO4. The first kappa shape index (κ1) is 28.2. The summed E-state index contributed by atoms with van der Waals surface area (Å²) in [4.78, 5) is 8.00. The van der Waals surface area contributed by atoms with Gasteiger partial charge in [0.25, 0.3) is 0 Å². The van der Waals surface area contributed by atoms with Gasteiger partial charge in [-0.15, -0.1) is 5.34 Å². The predicted octanol–water partition coefficient (Wildman–Crippen LogP) is -4.39. The molecule has 34 valence electrons. The fraction of sp³-hybridized carbons (Fsp3) is 0. The molecule has 4 N–H and O–H groups in total. The standard InChI is InChI=1S/K.HNO2.2H2O/c;2-1-3;;/h;(H,2,3);2*1H2/q+1;;;/p-1. The second-order valence-electron chi connectivity index (χ2n) is 0.0745. The van der Waals surface area contributed by atoms with E-state index in [2.05, 4.69) is 0 Å². The summed E-state index contributed by atoms with van der Waals surface area (Å²) in [6, 6.07) is 0. The summed E-state index contributed by atoms with van der Waals surface area (Å²) in [5, 5.41) is 9.00. The van der Waals surface area contributed by atoms with Crippen molar-refractivity contribution in [2.75, 3.05) is 0 Å². The average Bonchev–Trinajstić information content (AvgIpc) is 0.918. The molecule has 0 bridgehead atoms. The van der Waals surface area contributed by atoms with E-state index in [-0.39, 0.29) is 62.3 Å². The van der Waals surface area contributed by atoms with E-state index in [0.717, 1.165) is 5.34 Å². The van der Waals surface area contributed by atoms with Gasteiger partial charge in [0.15, 0.2) is 0 Å². The van der Waals surface area contributed by atoms with Crippen LogP contribution in [0.4, 0.5) is 0 Å². The molecule has 0 atom stereocenters. The molecule has 0 aromatic heterocycles. The molecule has 0 aromatic rings. The van der Waals surface area contributed by atoms with Crippen molar-refractivity contribution in [1.29, 1.82) is 0 Å². The zero-order chi connectivity index (χ0) is 2.71. The van der Waals surface area contributed by atoms with Gasteiger partial charge < -0.3 is 21.1 Å². The smallest absolute Gasteiger partial charge is 0.444 e. The summed E-state index contributed by atoms with van der Waals surface area (Å²) in [5.41, 5.74) is 0. The van der Waals surface area contributed by atoms with Crippen molar-refractivity contribution in [2.24, 2.45) is 5.34 Å². The van der Waals surface area contributed by atoms with Crippen LogP contribution in [-0.2, 0) is 0 Å². The Kier molecular flexibility index (Phi) is 180. The topological polar surface area (TPSA) is 115 Å². The Balaban J connectivity index is -0.00000000667. The molecule has 0 unspecified atom stereocenters. The Hall–Kier alpha value is 0.956. The molecule has 0 fully saturated rings. The summed E-state index contributed by atoms with van der Waals surface area (Å²) in [6.07, 6.45) is 0. The van der Waals surface area contributed by atoms with Crippen molar-refractivity contribution < 1.29 is 62.3 Å². The van der Waals surface area contributed by atoms with Crippen LogP contribution in [0.2, 0.25) is 0 Å². The number of hydrogen-bond acceptors (Lipinski definition) is 3. The van der Waals surface area contributed by atoms with Crippen LogP contribution in [0.3, 0.4) is 0 Å². The van der Waals surface area contributed by atoms with Gasteiger partial charge in [-0.3, -0.25) is 0 Å². The maximum atomic E-state index is 8.00. The van der Waals surface area contributed by atoms with Crippen LogP contribution in [0.25, 0.3) is 0 Å². The molecule has 0 aliphatic heterocycles. The minimum Gasteiger partial charge on any atom is -0.444 e. The molecule has 0 rings (SSSR count). The maximum absolute atomic E-state index is 8.00. The molecular weight excluding hydrogens is 117 g/mol. The number of nitrogens with zero attached hydrogens (tertiary/aromatic N) is 1. The van der Waals surface area contributed by atoms with Gasteiger partial charge in [-0.1, -0.05) is 0 Å². The first-order valence-electron chi connectivity index (χ1n) is 0.365. The normalized spacial score (nSPS) is 2.00. The van der Waals surface area contributed by atoms with Crippen LogP contribution >= 0.6 is 0 Å². The molecule has 0 aliphatic rings. The van der Waals surface area contributed by atoms with E-state index in [4.69, 9.17) is 10.1 Å². The van der Waals surface area contributed by atoms with Crippen LogP contribution in [-0.4, -0.2) is 11.0 Å². The van der Waals surface area contributed by atoms with E-state index in [0.29, 0.717) is 0 Å². The van der Waals surface area contributed by atoms with Gasteiger partial charge in [-0.25, -0.2) is 0 Å². The Bertz CT molecular complexity index is 15.0. The van der Waals surface area contributed by atoms with Crippen molar-refractivity contribution in [1.82, 2.24) is 0 Å². The SMILES string of the molecule is O.O.O=N[O-].[K+]. The third-order valence-corrected chi connectivity index (χ3v) is 0. The Labute approximate surface area is 76.7 Å². The quantitative estimate of drug-likeness (QED) is 0.183. The van der Waals surface area contributed by atoms with Gasteiger partial charge in [-0.05, 0) is 0 Å². The van der Waals surface area contributed by atoms with Crippen molar-refractivity contribution in [2.45, 2.75) is 0 Å². The Morgan fingerprint density at radius 2 is 1.33 bits per heavy atom. The van der Waals surface area contributed by atoms with E-state index >= 15 is 0 Å². The molecule has 6 heavy (non-hydrogen) atoms. The summed E-state index contributed by atoms with van der Waals surface area (Å²) >= 11 is 0. The van der Waals surface area contributed by atoms with E-state index in [1.54, 1.807) is 0 Å². The van der Waals surface area contributed by atoms with Crippen LogP contribution < -0.4 is 51.4 Å². The summed E-state index contributed by atoms with van der Waals surface area (Å²) in [7, 11) is 0. The first-order valence-corrected chi connectivity index (χ1v) is 0.365. The molecule has 0 spiro atoms. The second-order valence-corrected chi connectivity index (χ2v) is 0.0745.